The van der Waals surface area contributed by atoms with Crippen LogP contribution in [0.5, 0.6) is 5.75 Å². The summed E-state index contributed by atoms with van der Waals surface area (Å²) in [6, 6.07) is 13.2. The Morgan fingerprint density at radius 2 is 1.90 bits per heavy atom. The van der Waals surface area contributed by atoms with Gasteiger partial charge in [0.25, 0.3) is 0 Å². The number of ether oxygens (including phenoxy) is 1. The zero-order valence-corrected chi connectivity index (χ0v) is 16.5. The van der Waals surface area contributed by atoms with Crippen LogP contribution in [-0.2, 0) is 5.75 Å². The fourth-order valence-corrected chi connectivity index (χ4v) is 3.31. The maximum Gasteiger partial charge on any atom is 0.232 e. The van der Waals surface area contributed by atoms with Crippen LogP contribution in [0.3, 0.4) is 0 Å². The maximum absolute atomic E-state index is 13.1. The Kier molecular flexibility index (Phi) is 5.66. The summed E-state index contributed by atoms with van der Waals surface area (Å²) in [5.41, 5.74) is 7.15. The van der Waals surface area contributed by atoms with Gasteiger partial charge in [0.1, 0.15) is 23.1 Å². The molecular weight excluding hydrogens is 409 g/mol. The largest absolute Gasteiger partial charge is 0.494 e. The van der Waals surface area contributed by atoms with Crippen LogP contribution in [0.1, 0.15) is 5.82 Å². The van der Waals surface area contributed by atoms with E-state index in [9.17, 15) is 4.39 Å². The van der Waals surface area contributed by atoms with Gasteiger partial charge in [-0.25, -0.2) is 4.39 Å². The smallest absolute Gasteiger partial charge is 0.232 e. The first-order chi connectivity index (χ1) is 14.6. The van der Waals surface area contributed by atoms with Gasteiger partial charge in [-0.05, 0) is 46.8 Å². The number of nitrogens with two attached hydrogens (primary N) is 1. The van der Waals surface area contributed by atoms with Crippen molar-refractivity contribution in [1.82, 2.24) is 35.2 Å². The predicted molar refractivity (Wildman–Crippen MR) is 109 cm³/mol. The molecule has 0 aliphatic carbocycles. The highest BCUT2D eigenvalue weighted by atomic mass is 32.2. The van der Waals surface area contributed by atoms with Crippen molar-refractivity contribution in [2.24, 2.45) is 0 Å². The van der Waals surface area contributed by atoms with Crippen molar-refractivity contribution < 1.29 is 9.13 Å². The van der Waals surface area contributed by atoms with E-state index in [2.05, 4.69) is 35.8 Å². The second-order valence-corrected chi connectivity index (χ2v) is 6.84. The zero-order valence-electron chi connectivity index (χ0n) is 15.7. The minimum Gasteiger partial charge on any atom is -0.494 e. The quantitative estimate of drug-likeness (QED) is 0.426. The average Bonchev–Trinajstić information content (AvgIpc) is 3.22. The first kappa shape index (κ1) is 19.5. The fraction of sp³-hybridized carbons (Fsp3) is 0.111. The monoisotopic (exact) mass is 425 g/mol. The van der Waals surface area contributed by atoms with Crippen molar-refractivity contribution in [2.75, 3.05) is 18.2 Å². The molecule has 2 heterocycles. The van der Waals surface area contributed by atoms with Gasteiger partial charge < -0.3 is 15.8 Å². The lowest BCUT2D eigenvalue weighted by Gasteiger charge is -2.09. The van der Waals surface area contributed by atoms with Crippen LogP contribution in [0, 0.1) is 5.82 Å². The third kappa shape index (κ3) is 4.43. The van der Waals surface area contributed by atoms with Crippen LogP contribution in [0.15, 0.2) is 53.7 Å². The summed E-state index contributed by atoms with van der Waals surface area (Å²) >= 11 is 1.33. The van der Waals surface area contributed by atoms with E-state index in [1.165, 1.54) is 23.9 Å². The first-order valence-corrected chi connectivity index (χ1v) is 9.68. The molecule has 0 spiro atoms. The van der Waals surface area contributed by atoms with Gasteiger partial charge in [0.05, 0.1) is 12.9 Å². The summed E-state index contributed by atoms with van der Waals surface area (Å²) in [6.45, 7) is 0. The average molecular weight is 425 g/mol. The number of tetrazole rings is 1. The van der Waals surface area contributed by atoms with E-state index in [1.807, 2.05) is 24.3 Å². The molecule has 0 amide bonds. The molecule has 0 bridgehead atoms. The number of rotatable bonds is 7. The van der Waals surface area contributed by atoms with Gasteiger partial charge in [0.15, 0.2) is 0 Å². The van der Waals surface area contributed by atoms with E-state index in [-0.39, 0.29) is 17.7 Å². The van der Waals surface area contributed by atoms with Gasteiger partial charge in [-0.2, -0.15) is 19.6 Å². The van der Waals surface area contributed by atoms with Gasteiger partial charge in [-0.15, -0.1) is 5.10 Å². The van der Waals surface area contributed by atoms with Crippen LogP contribution in [0.25, 0.3) is 5.69 Å². The summed E-state index contributed by atoms with van der Waals surface area (Å²) in [5, 5.41) is 15.4. The highest BCUT2D eigenvalue weighted by molar-refractivity contribution is 7.98. The normalized spacial score (nSPS) is 10.7. The molecule has 4 rings (SSSR count). The molecule has 30 heavy (non-hydrogen) atoms. The zero-order chi connectivity index (χ0) is 20.9. The maximum atomic E-state index is 13.1. The number of hydrogen-bond donors (Lipinski definition) is 2. The van der Waals surface area contributed by atoms with Crippen LogP contribution in [0.2, 0.25) is 0 Å². The Labute approximate surface area is 174 Å². The molecule has 0 radical (unpaired) electrons. The van der Waals surface area contributed by atoms with Crippen LogP contribution in [-0.4, -0.2) is 42.3 Å². The highest BCUT2D eigenvalue weighted by Gasteiger charge is 2.14. The molecule has 4 aromatic rings. The molecule has 12 heteroatoms. The van der Waals surface area contributed by atoms with E-state index < -0.39 is 0 Å². The van der Waals surface area contributed by atoms with E-state index in [0.717, 1.165) is 0 Å². The Bertz CT molecular complexity index is 1150. The van der Waals surface area contributed by atoms with Gasteiger partial charge in [-0.3, -0.25) is 0 Å². The Hall–Kier alpha value is -3.80. The van der Waals surface area contributed by atoms with Crippen LogP contribution in [0.4, 0.5) is 22.0 Å². The number of nitrogens with zero attached hydrogens (tertiary/aromatic N) is 7. The molecule has 2 aromatic carbocycles. The summed E-state index contributed by atoms with van der Waals surface area (Å²) in [5.74, 6) is 1.41. The molecule has 0 aliphatic heterocycles. The molecule has 2 aromatic heterocycles. The van der Waals surface area contributed by atoms with Gasteiger partial charge >= 0.3 is 0 Å². The number of para-hydroxylation sites is 2. The number of halogens is 1. The standard InChI is InChI=1S/C18H16FN9OS/c1-29-14-5-3-2-4-13(14)28-18(25-26-27-28)30-10-15-22-16(20)24-17(23-15)21-12-8-6-11(19)7-9-12/h2-9H,10H2,1H3,(H3,20,21,22,23,24). The minimum absolute atomic E-state index is 0.0644. The molecule has 0 fully saturated rings. The van der Waals surface area contributed by atoms with Crippen molar-refractivity contribution in [3.05, 3.63) is 60.2 Å². The number of nitrogen functional groups attached to an aromatic ring is 1. The van der Waals surface area contributed by atoms with Gasteiger partial charge in [-0.1, -0.05) is 23.9 Å². The molecule has 3 N–H and O–H groups in total. The molecular formula is C18H16FN9OS. The predicted octanol–water partition coefficient (Wildman–Crippen LogP) is 2.61. The summed E-state index contributed by atoms with van der Waals surface area (Å²) in [4.78, 5) is 12.6. The van der Waals surface area contributed by atoms with Crippen molar-refractivity contribution >= 4 is 29.3 Å². The molecule has 0 atom stereocenters. The first-order valence-electron chi connectivity index (χ1n) is 8.70. The molecule has 10 nitrogen and oxygen atoms in total. The molecule has 0 unspecified atom stereocenters. The lowest BCUT2D eigenvalue weighted by molar-refractivity contribution is 0.410. The summed E-state index contributed by atoms with van der Waals surface area (Å²) < 4.78 is 20.0. The second kappa shape index (κ2) is 8.69. The fourth-order valence-electron chi connectivity index (χ4n) is 2.57. The summed E-state index contributed by atoms with van der Waals surface area (Å²) in [7, 11) is 1.58. The molecule has 0 saturated heterocycles. The van der Waals surface area contributed by atoms with Crippen molar-refractivity contribution in [3.63, 3.8) is 0 Å². The van der Waals surface area contributed by atoms with Crippen LogP contribution < -0.4 is 15.8 Å². The highest BCUT2D eigenvalue weighted by Crippen LogP contribution is 2.27. The van der Waals surface area contributed by atoms with Gasteiger partial charge in [0, 0.05) is 5.69 Å². The lowest BCUT2D eigenvalue weighted by atomic mass is 10.3. The Balaban J connectivity index is 1.52. The third-order valence-electron chi connectivity index (χ3n) is 3.88. The second-order valence-electron chi connectivity index (χ2n) is 5.90. The van der Waals surface area contributed by atoms with Crippen molar-refractivity contribution in [3.8, 4) is 11.4 Å². The number of thioether (sulfide) groups is 1. The van der Waals surface area contributed by atoms with Crippen LogP contribution >= 0.6 is 11.8 Å². The SMILES string of the molecule is COc1ccccc1-n1nnnc1SCc1nc(N)nc(Nc2ccc(F)cc2)n1. The number of hydrogen-bond acceptors (Lipinski definition) is 10. The number of nitrogens with one attached hydrogen (secondary N) is 1. The minimum atomic E-state index is -0.333. The van der Waals surface area contributed by atoms with E-state index in [0.29, 0.717) is 33.9 Å². The van der Waals surface area contributed by atoms with E-state index >= 15 is 0 Å². The topological polar surface area (TPSA) is 130 Å². The van der Waals surface area contributed by atoms with Crippen molar-refractivity contribution in [2.45, 2.75) is 10.9 Å². The number of benzene rings is 2. The molecule has 152 valence electrons. The van der Waals surface area contributed by atoms with E-state index in [1.54, 1.807) is 23.9 Å². The molecule has 0 aliphatic rings. The van der Waals surface area contributed by atoms with E-state index in [4.69, 9.17) is 10.5 Å². The lowest BCUT2D eigenvalue weighted by Crippen LogP contribution is -2.07. The number of methoxy groups -OCH3 is 1. The van der Waals surface area contributed by atoms with Gasteiger partial charge in [0.2, 0.25) is 17.1 Å². The molecule has 0 saturated carbocycles. The number of aromatic nitrogens is 7. The Morgan fingerprint density at radius 3 is 2.70 bits per heavy atom. The third-order valence-corrected chi connectivity index (χ3v) is 4.80. The Morgan fingerprint density at radius 1 is 1.10 bits per heavy atom. The number of anilines is 3. The summed E-state index contributed by atoms with van der Waals surface area (Å²) in [6.07, 6.45) is 0. The van der Waals surface area contributed by atoms with Crippen molar-refractivity contribution in [1.29, 1.82) is 0 Å².